The lowest BCUT2D eigenvalue weighted by Crippen LogP contribution is -2.50. The van der Waals surface area contributed by atoms with E-state index >= 15 is 0 Å². The molecule has 0 aliphatic carbocycles. The van der Waals surface area contributed by atoms with Crippen LogP contribution in [-0.4, -0.2) is 71.7 Å². The lowest BCUT2D eigenvalue weighted by atomic mass is 10.1. The Bertz CT molecular complexity index is 568. The van der Waals surface area contributed by atoms with Gasteiger partial charge >= 0.3 is 0 Å². The second-order valence-electron chi connectivity index (χ2n) is 7.09. The Morgan fingerprint density at radius 1 is 1.32 bits per heavy atom. The number of nitrogens with zero attached hydrogens (tertiary/aromatic N) is 3. The van der Waals surface area contributed by atoms with Gasteiger partial charge in [-0.05, 0) is 39.7 Å². The number of rotatable bonds is 5. The highest BCUT2D eigenvalue weighted by molar-refractivity contribution is 5.94. The number of carbonyl (C=O) groups excluding carboxylic acids is 1. The Balaban J connectivity index is 1.63. The third kappa shape index (κ3) is 4.50. The van der Waals surface area contributed by atoms with Crippen molar-refractivity contribution >= 4 is 5.91 Å². The van der Waals surface area contributed by atoms with E-state index in [-0.39, 0.29) is 24.2 Å². The molecule has 6 nitrogen and oxygen atoms in total. The Hall–Kier alpha value is -1.66. The summed E-state index contributed by atoms with van der Waals surface area (Å²) in [6, 6.07) is 3.86. The lowest BCUT2D eigenvalue weighted by Gasteiger charge is -2.38. The van der Waals surface area contributed by atoms with Gasteiger partial charge in [-0.2, -0.15) is 0 Å². The van der Waals surface area contributed by atoms with Gasteiger partial charge in [0.15, 0.2) is 0 Å². The molecule has 2 saturated heterocycles. The number of amides is 1. The first kappa shape index (κ1) is 18.1. The molecule has 3 heterocycles. The molecule has 1 aromatic rings. The van der Waals surface area contributed by atoms with Crippen molar-refractivity contribution in [3.8, 4) is 5.88 Å². The highest BCUT2D eigenvalue weighted by Crippen LogP contribution is 2.23. The fourth-order valence-electron chi connectivity index (χ4n) is 3.93. The monoisotopic (exact) mass is 347 g/mol. The van der Waals surface area contributed by atoms with Crippen LogP contribution in [0.4, 0.5) is 0 Å². The molecule has 1 aromatic heterocycles. The number of hydrogen-bond acceptors (Lipinski definition) is 5. The number of morpholine rings is 1. The summed E-state index contributed by atoms with van der Waals surface area (Å²) in [4.78, 5) is 21.6. The fraction of sp³-hybridized carbons (Fsp3) is 0.684. The Kier molecular flexibility index (Phi) is 5.91. The first-order valence-electron chi connectivity index (χ1n) is 9.34. The van der Waals surface area contributed by atoms with E-state index in [1.807, 2.05) is 17.9 Å². The van der Waals surface area contributed by atoms with E-state index in [4.69, 9.17) is 9.47 Å². The van der Waals surface area contributed by atoms with Gasteiger partial charge in [-0.15, -0.1) is 0 Å². The largest absolute Gasteiger partial charge is 0.478 e. The zero-order chi connectivity index (χ0) is 17.8. The predicted octanol–water partition coefficient (Wildman–Crippen LogP) is 2.19. The fourth-order valence-corrected chi connectivity index (χ4v) is 3.93. The van der Waals surface area contributed by atoms with Gasteiger partial charge in [-0.3, -0.25) is 9.69 Å². The van der Waals surface area contributed by atoms with E-state index in [1.54, 1.807) is 12.3 Å². The third-order valence-electron chi connectivity index (χ3n) is 4.88. The minimum atomic E-state index is 0.0763. The average molecular weight is 347 g/mol. The van der Waals surface area contributed by atoms with Crippen LogP contribution in [0.5, 0.6) is 5.88 Å². The molecule has 3 atom stereocenters. The Labute approximate surface area is 150 Å². The molecule has 25 heavy (non-hydrogen) atoms. The molecule has 0 bridgehead atoms. The summed E-state index contributed by atoms with van der Waals surface area (Å²) in [5.74, 6) is 0.640. The zero-order valence-corrected chi connectivity index (χ0v) is 15.5. The summed E-state index contributed by atoms with van der Waals surface area (Å²) in [6.45, 7) is 10.4. The molecule has 6 heteroatoms. The van der Waals surface area contributed by atoms with Crippen LogP contribution in [0.15, 0.2) is 18.3 Å². The van der Waals surface area contributed by atoms with Crippen LogP contribution >= 0.6 is 0 Å². The number of hydrogen-bond donors (Lipinski definition) is 0. The smallest absolute Gasteiger partial charge is 0.255 e. The summed E-state index contributed by atoms with van der Waals surface area (Å²) in [7, 11) is 0. The van der Waals surface area contributed by atoms with Crippen molar-refractivity contribution in [3.63, 3.8) is 0 Å². The molecule has 0 radical (unpaired) electrons. The molecule has 0 aromatic carbocycles. The topological polar surface area (TPSA) is 54.9 Å². The quantitative estimate of drug-likeness (QED) is 0.817. The van der Waals surface area contributed by atoms with Crippen molar-refractivity contribution in [2.45, 2.75) is 51.9 Å². The SMILES string of the molecule is CCOc1ccc(C(=O)N2CCCC2CN2CC(C)OC(C)C2)cn1. The van der Waals surface area contributed by atoms with Gasteiger partial charge in [0.25, 0.3) is 5.91 Å². The summed E-state index contributed by atoms with van der Waals surface area (Å²) in [5, 5.41) is 0. The maximum absolute atomic E-state index is 12.9. The van der Waals surface area contributed by atoms with Gasteiger partial charge in [-0.25, -0.2) is 4.98 Å². The highest BCUT2D eigenvalue weighted by atomic mass is 16.5. The van der Waals surface area contributed by atoms with E-state index < -0.39 is 0 Å². The predicted molar refractivity (Wildman–Crippen MR) is 95.9 cm³/mol. The van der Waals surface area contributed by atoms with Crippen LogP contribution in [0.25, 0.3) is 0 Å². The molecule has 138 valence electrons. The first-order chi connectivity index (χ1) is 12.1. The standard InChI is InChI=1S/C19H29N3O3/c1-4-24-18-8-7-16(10-20-18)19(23)22-9-5-6-17(22)13-21-11-14(2)25-15(3)12-21/h7-8,10,14-15,17H,4-6,9,11-13H2,1-3H3. The molecule has 0 spiro atoms. The molecule has 3 unspecified atom stereocenters. The first-order valence-corrected chi connectivity index (χ1v) is 9.34. The molecule has 2 aliphatic heterocycles. The summed E-state index contributed by atoms with van der Waals surface area (Å²) >= 11 is 0. The van der Waals surface area contributed by atoms with Crippen LogP contribution in [0.1, 0.15) is 44.0 Å². The number of aromatic nitrogens is 1. The molecular weight excluding hydrogens is 318 g/mol. The molecule has 1 amide bonds. The van der Waals surface area contributed by atoms with Crippen LogP contribution in [0, 0.1) is 0 Å². The molecule has 0 N–H and O–H groups in total. The maximum atomic E-state index is 12.9. The van der Waals surface area contributed by atoms with Crippen molar-refractivity contribution in [1.29, 1.82) is 0 Å². The number of carbonyl (C=O) groups is 1. The van der Waals surface area contributed by atoms with E-state index in [1.165, 1.54) is 0 Å². The Morgan fingerprint density at radius 2 is 2.08 bits per heavy atom. The zero-order valence-electron chi connectivity index (χ0n) is 15.5. The van der Waals surface area contributed by atoms with Crippen molar-refractivity contribution in [2.24, 2.45) is 0 Å². The Morgan fingerprint density at radius 3 is 2.72 bits per heavy atom. The van der Waals surface area contributed by atoms with Crippen LogP contribution in [0.3, 0.4) is 0 Å². The molecule has 3 rings (SSSR count). The van der Waals surface area contributed by atoms with E-state index in [0.29, 0.717) is 18.1 Å². The van der Waals surface area contributed by atoms with Gasteiger partial charge in [0.2, 0.25) is 5.88 Å². The van der Waals surface area contributed by atoms with Crippen LogP contribution < -0.4 is 4.74 Å². The van der Waals surface area contributed by atoms with Crippen molar-refractivity contribution in [2.75, 3.05) is 32.8 Å². The molecular formula is C19H29N3O3. The van der Waals surface area contributed by atoms with E-state index in [9.17, 15) is 4.79 Å². The molecule has 2 fully saturated rings. The minimum Gasteiger partial charge on any atom is -0.478 e. The van der Waals surface area contributed by atoms with Crippen LogP contribution in [0.2, 0.25) is 0 Å². The third-order valence-corrected chi connectivity index (χ3v) is 4.88. The second kappa shape index (κ2) is 8.15. The lowest BCUT2D eigenvalue weighted by molar-refractivity contribution is -0.0715. The van der Waals surface area contributed by atoms with Gasteiger partial charge < -0.3 is 14.4 Å². The van der Waals surface area contributed by atoms with E-state index in [0.717, 1.165) is 39.0 Å². The van der Waals surface area contributed by atoms with Crippen molar-refractivity contribution in [3.05, 3.63) is 23.9 Å². The van der Waals surface area contributed by atoms with Gasteiger partial charge in [0, 0.05) is 44.5 Å². The highest BCUT2D eigenvalue weighted by Gasteiger charge is 2.33. The number of ether oxygens (including phenoxy) is 2. The second-order valence-corrected chi connectivity index (χ2v) is 7.09. The minimum absolute atomic E-state index is 0.0763. The van der Waals surface area contributed by atoms with E-state index in [2.05, 4.69) is 23.7 Å². The average Bonchev–Trinajstić information content (AvgIpc) is 3.02. The molecule has 0 saturated carbocycles. The normalized spacial score (nSPS) is 27.5. The number of pyridine rings is 1. The summed E-state index contributed by atoms with van der Waals surface area (Å²) < 4.78 is 11.2. The van der Waals surface area contributed by atoms with Gasteiger partial charge in [0.1, 0.15) is 0 Å². The van der Waals surface area contributed by atoms with Crippen LogP contribution in [-0.2, 0) is 4.74 Å². The van der Waals surface area contributed by atoms with Gasteiger partial charge in [0.05, 0.1) is 24.4 Å². The van der Waals surface area contributed by atoms with Crippen molar-refractivity contribution in [1.82, 2.24) is 14.8 Å². The summed E-state index contributed by atoms with van der Waals surface area (Å²) in [5.41, 5.74) is 0.638. The van der Waals surface area contributed by atoms with Crippen molar-refractivity contribution < 1.29 is 14.3 Å². The summed E-state index contributed by atoms with van der Waals surface area (Å²) in [6.07, 6.45) is 4.27. The van der Waals surface area contributed by atoms with Gasteiger partial charge in [-0.1, -0.05) is 0 Å². The maximum Gasteiger partial charge on any atom is 0.255 e. The molecule has 2 aliphatic rings. The number of likely N-dealkylation sites (tertiary alicyclic amines) is 1.